The van der Waals surface area contributed by atoms with E-state index in [4.69, 9.17) is 15.2 Å². The molecule has 0 spiro atoms. The molecule has 138 valence electrons. The Hall–Kier alpha value is -1.92. The van der Waals surface area contributed by atoms with Crippen LogP contribution in [0.3, 0.4) is 0 Å². The number of nitrogens with two attached hydrogens (primary N) is 1. The number of alkyl halides is 3. The molecule has 0 fully saturated rings. The molecule has 0 aromatic heterocycles. The zero-order chi connectivity index (χ0) is 17.6. The van der Waals surface area contributed by atoms with Gasteiger partial charge in [0, 0.05) is 12.5 Å². The monoisotopic (exact) mass is 375 g/mol. The van der Waals surface area contributed by atoms with Gasteiger partial charge in [-0.1, -0.05) is 36.4 Å². The Morgan fingerprint density at radius 3 is 2.32 bits per heavy atom. The predicted molar refractivity (Wildman–Crippen MR) is 93.2 cm³/mol. The molecular formula is C18H21ClF3NO2. The van der Waals surface area contributed by atoms with Crippen LogP contribution >= 0.6 is 12.4 Å². The fourth-order valence-corrected chi connectivity index (χ4v) is 2.26. The first-order valence-corrected chi connectivity index (χ1v) is 7.56. The van der Waals surface area contributed by atoms with Gasteiger partial charge in [-0.3, -0.25) is 0 Å². The lowest BCUT2D eigenvalue weighted by atomic mass is 10.0. The molecule has 0 saturated heterocycles. The van der Waals surface area contributed by atoms with Crippen LogP contribution in [0.5, 0.6) is 11.5 Å². The number of hydrogen-bond donors (Lipinski definition) is 1. The molecule has 0 bridgehead atoms. The Morgan fingerprint density at radius 1 is 1.04 bits per heavy atom. The van der Waals surface area contributed by atoms with Gasteiger partial charge in [0.05, 0.1) is 7.11 Å². The lowest BCUT2D eigenvalue weighted by molar-refractivity contribution is -0.136. The lowest BCUT2D eigenvalue weighted by Gasteiger charge is -2.16. The average molecular weight is 376 g/mol. The summed E-state index contributed by atoms with van der Waals surface area (Å²) in [5.74, 6) is 0.971. The fourth-order valence-electron chi connectivity index (χ4n) is 2.26. The number of hydrogen-bond acceptors (Lipinski definition) is 3. The third-order valence-electron chi connectivity index (χ3n) is 3.59. The first-order chi connectivity index (χ1) is 11.4. The van der Waals surface area contributed by atoms with Gasteiger partial charge in [-0.15, -0.1) is 12.4 Å². The number of benzene rings is 2. The fraction of sp³-hybridized carbons (Fsp3) is 0.333. The van der Waals surface area contributed by atoms with E-state index in [2.05, 4.69) is 0 Å². The van der Waals surface area contributed by atoms with Crippen molar-refractivity contribution in [3.63, 3.8) is 0 Å². The van der Waals surface area contributed by atoms with Gasteiger partial charge in [-0.05, 0) is 29.7 Å². The largest absolute Gasteiger partial charge is 0.493 e. The van der Waals surface area contributed by atoms with Gasteiger partial charge in [0.25, 0.3) is 0 Å². The van der Waals surface area contributed by atoms with Crippen molar-refractivity contribution in [2.45, 2.75) is 31.7 Å². The second kappa shape index (κ2) is 9.53. The summed E-state index contributed by atoms with van der Waals surface area (Å²) in [4.78, 5) is 0. The zero-order valence-corrected chi connectivity index (χ0v) is 14.6. The van der Waals surface area contributed by atoms with Crippen molar-refractivity contribution in [2.75, 3.05) is 7.11 Å². The van der Waals surface area contributed by atoms with E-state index in [1.807, 2.05) is 30.3 Å². The highest BCUT2D eigenvalue weighted by atomic mass is 35.5. The van der Waals surface area contributed by atoms with E-state index >= 15 is 0 Å². The summed E-state index contributed by atoms with van der Waals surface area (Å²) < 4.78 is 47.9. The van der Waals surface area contributed by atoms with Gasteiger partial charge in [-0.25, -0.2) is 0 Å². The van der Waals surface area contributed by atoms with E-state index in [-0.39, 0.29) is 18.8 Å². The number of ether oxygens (including phenoxy) is 2. The van der Waals surface area contributed by atoms with Gasteiger partial charge >= 0.3 is 6.18 Å². The lowest BCUT2D eigenvalue weighted by Crippen LogP contribution is -2.16. The Kier molecular flexibility index (Phi) is 8.06. The quantitative estimate of drug-likeness (QED) is 0.737. The molecule has 2 rings (SSSR count). The Morgan fingerprint density at radius 2 is 1.72 bits per heavy atom. The number of methoxy groups -OCH3 is 1. The van der Waals surface area contributed by atoms with Crippen molar-refractivity contribution in [1.82, 2.24) is 0 Å². The summed E-state index contributed by atoms with van der Waals surface area (Å²) in [6, 6.07) is 13.9. The van der Waals surface area contributed by atoms with Crippen molar-refractivity contribution in [1.29, 1.82) is 0 Å². The third kappa shape index (κ3) is 6.84. The standard InChI is InChI=1S/C18H20F3NO2.ClH/c1-23-17-11-14(15(22)9-10-18(19,20)21)7-8-16(17)24-12-13-5-3-2-4-6-13;/h2-8,11,15H,9-10,12,22H2,1H3;1H/t15-;/m1./s1. The highest BCUT2D eigenvalue weighted by molar-refractivity contribution is 5.85. The van der Waals surface area contributed by atoms with Crippen LogP contribution in [0.1, 0.15) is 30.0 Å². The van der Waals surface area contributed by atoms with Crippen molar-refractivity contribution in [2.24, 2.45) is 5.73 Å². The summed E-state index contributed by atoms with van der Waals surface area (Å²) in [6.07, 6.45) is -5.29. The van der Waals surface area contributed by atoms with E-state index in [1.165, 1.54) is 7.11 Å². The van der Waals surface area contributed by atoms with Gasteiger partial charge in [0.15, 0.2) is 11.5 Å². The topological polar surface area (TPSA) is 44.5 Å². The van der Waals surface area contributed by atoms with Crippen molar-refractivity contribution in [3.8, 4) is 11.5 Å². The first kappa shape index (κ1) is 21.1. The molecule has 1 atom stereocenters. The number of rotatable bonds is 7. The Balaban J connectivity index is 0.00000312. The summed E-state index contributed by atoms with van der Waals surface area (Å²) in [7, 11) is 1.48. The van der Waals surface area contributed by atoms with Gasteiger partial charge < -0.3 is 15.2 Å². The molecular weight excluding hydrogens is 355 g/mol. The van der Waals surface area contributed by atoms with E-state index in [1.54, 1.807) is 18.2 Å². The van der Waals surface area contributed by atoms with Crippen LogP contribution in [0.4, 0.5) is 13.2 Å². The minimum Gasteiger partial charge on any atom is -0.493 e. The molecule has 0 saturated carbocycles. The molecule has 25 heavy (non-hydrogen) atoms. The van der Waals surface area contributed by atoms with Crippen molar-refractivity contribution >= 4 is 12.4 Å². The smallest absolute Gasteiger partial charge is 0.389 e. The molecule has 3 nitrogen and oxygen atoms in total. The molecule has 0 aliphatic carbocycles. The van der Waals surface area contributed by atoms with Crippen LogP contribution in [-0.2, 0) is 6.61 Å². The average Bonchev–Trinajstić information content (AvgIpc) is 2.58. The van der Waals surface area contributed by atoms with Crippen LogP contribution in [-0.4, -0.2) is 13.3 Å². The molecule has 2 aromatic rings. The van der Waals surface area contributed by atoms with E-state index in [9.17, 15) is 13.2 Å². The molecule has 0 aliphatic rings. The summed E-state index contributed by atoms with van der Waals surface area (Å²) in [5, 5.41) is 0. The molecule has 2 aromatic carbocycles. The van der Waals surface area contributed by atoms with Crippen LogP contribution in [0, 0.1) is 0 Å². The minimum absolute atomic E-state index is 0. The molecule has 0 aliphatic heterocycles. The third-order valence-corrected chi connectivity index (χ3v) is 3.59. The maximum absolute atomic E-state index is 12.3. The van der Waals surface area contributed by atoms with Crippen molar-refractivity contribution < 1.29 is 22.6 Å². The van der Waals surface area contributed by atoms with Crippen molar-refractivity contribution in [3.05, 3.63) is 59.7 Å². The summed E-state index contributed by atoms with van der Waals surface area (Å²) in [5.41, 5.74) is 7.44. The molecule has 7 heteroatoms. The highest BCUT2D eigenvalue weighted by Crippen LogP contribution is 2.33. The minimum atomic E-state index is -4.21. The van der Waals surface area contributed by atoms with Crippen LogP contribution < -0.4 is 15.2 Å². The van der Waals surface area contributed by atoms with E-state index in [0.29, 0.717) is 23.7 Å². The van der Waals surface area contributed by atoms with Gasteiger partial charge in [0.2, 0.25) is 0 Å². The van der Waals surface area contributed by atoms with E-state index < -0.39 is 18.6 Å². The maximum atomic E-state index is 12.3. The first-order valence-electron chi connectivity index (χ1n) is 7.56. The van der Waals surface area contributed by atoms with Crippen LogP contribution in [0.15, 0.2) is 48.5 Å². The Bertz CT molecular complexity index is 651. The zero-order valence-electron chi connectivity index (χ0n) is 13.8. The normalized spacial score (nSPS) is 12.2. The maximum Gasteiger partial charge on any atom is 0.389 e. The Labute approximate surface area is 151 Å². The summed E-state index contributed by atoms with van der Waals surface area (Å²) in [6.45, 7) is 0.372. The second-order valence-electron chi connectivity index (χ2n) is 5.44. The predicted octanol–water partition coefficient (Wildman–Crippen LogP) is 5.04. The van der Waals surface area contributed by atoms with E-state index in [0.717, 1.165) is 5.56 Å². The second-order valence-corrected chi connectivity index (χ2v) is 5.44. The van der Waals surface area contributed by atoms with Crippen LogP contribution in [0.2, 0.25) is 0 Å². The molecule has 0 radical (unpaired) electrons. The summed E-state index contributed by atoms with van der Waals surface area (Å²) >= 11 is 0. The molecule has 2 N–H and O–H groups in total. The number of halogens is 4. The SMILES string of the molecule is COc1cc([C@H](N)CCC(F)(F)F)ccc1OCc1ccccc1.Cl. The highest BCUT2D eigenvalue weighted by Gasteiger charge is 2.28. The van der Waals surface area contributed by atoms with Gasteiger partial charge in [-0.2, -0.15) is 13.2 Å². The molecule has 0 amide bonds. The van der Waals surface area contributed by atoms with Crippen LogP contribution in [0.25, 0.3) is 0 Å². The van der Waals surface area contributed by atoms with Gasteiger partial charge in [0.1, 0.15) is 6.61 Å². The molecule has 0 heterocycles. The molecule has 0 unspecified atom stereocenters.